The van der Waals surface area contributed by atoms with Crippen LogP contribution in [-0.4, -0.2) is 33.0 Å². The monoisotopic (exact) mass is 315 g/mol. The first kappa shape index (κ1) is 16.5. The highest BCUT2D eigenvalue weighted by atomic mass is 16.4. The number of anilines is 1. The number of H-pyrrole nitrogens is 2. The molecule has 0 unspecified atom stereocenters. The fraction of sp³-hybridized carbons (Fsp3) is 0.0714. The average molecular weight is 315 g/mol. The molecule has 1 aromatic carbocycles. The average Bonchev–Trinajstić information content (AvgIpc) is 2.46. The molecule has 0 atom stereocenters. The standard InChI is InChI=1S/C14H14BN3O5/c1-8-11(13(20)18-14(21)16-8)6-7-12(19)17-10-4-2-9(3-5-10)15(22)23/h2-7,22-23H,1H3,(H,17,19)(H2,16,18,20,21)/b7-6+. The van der Waals surface area contributed by atoms with Crippen molar-refractivity contribution in [2.45, 2.75) is 6.92 Å². The number of hydrogen-bond donors (Lipinski definition) is 5. The second-order valence-electron chi connectivity index (χ2n) is 4.77. The van der Waals surface area contributed by atoms with Gasteiger partial charge in [-0.15, -0.1) is 0 Å². The minimum atomic E-state index is -1.57. The molecule has 0 aliphatic carbocycles. The summed E-state index contributed by atoms with van der Waals surface area (Å²) in [6, 6.07) is 5.94. The molecule has 2 rings (SSSR count). The zero-order chi connectivity index (χ0) is 17.0. The van der Waals surface area contributed by atoms with Crippen LogP contribution in [0.4, 0.5) is 5.69 Å². The Morgan fingerprint density at radius 3 is 2.39 bits per heavy atom. The quantitative estimate of drug-likeness (QED) is 0.353. The van der Waals surface area contributed by atoms with Crippen LogP contribution in [-0.2, 0) is 4.79 Å². The van der Waals surface area contributed by atoms with Gasteiger partial charge in [0.15, 0.2) is 0 Å². The van der Waals surface area contributed by atoms with Crippen LogP contribution in [0.25, 0.3) is 6.08 Å². The lowest BCUT2D eigenvalue weighted by Gasteiger charge is -2.04. The minimum Gasteiger partial charge on any atom is -0.423 e. The SMILES string of the molecule is Cc1[nH]c(=O)[nH]c(=O)c1/C=C/C(=O)Nc1ccc(B(O)O)cc1. The van der Waals surface area contributed by atoms with Gasteiger partial charge in [0.05, 0.1) is 5.56 Å². The van der Waals surface area contributed by atoms with Gasteiger partial charge in [0.1, 0.15) is 0 Å². The van der Waals surface area contributed by atoms with Gasteiger partial charge < -0.3 is 20.3 Å². The van der Waals surface area contributed by atoms with Gasteiger partial charge in [-0.3, -0.25) is 14.6 Å². The summed E-state index contributed by atoms with van der Waals surface area (Å²) >= 11 is 0. The number of aryl methyl sites for hydroxylation is 1. The van der Waals surface area contributed by atoms with E-state index in [2.05, 4.69) is 15.3 Å². The maximum absolute atomic E-state index is 11.8. The molecule has 0 bridgehead atoms. The third-order valence-corrected chi connectivity index (χ3v) is 3.05. The number of carbonyl (C=O) groups excluding carboxylic acids is 1. The van der Waals surface area contributed by atoms with Crippen molar-refractivity contribution in [3.05, 3.63) is 62.4 Å². The Bertz CT molecular complexity index is 852. The molecule has 9 heteroatoms. The molecule has 0 radical (unpaired) electrons. The number of rotatable bonds is 4. The summed E-state index contributed by atoms with van der Waals surface area (Å²) in [6.07, 6.45) is 2.45. The van der Waals surface area contributed by atoms with Gasteiger partial charge in [-0.1, -0.05) is 12.1 Å². The van der Waals surface area contributed by atoms with Crippen molar-refractivity contribution in [2.24, 2.45) is 0 Å². The molecule has 1 aromatic heterocycles. The summed E-state index contributed by atoms with van der Waals surface area (Å²) in [7, 11) is -1.57. The van der Waals surface area contributed by atoms with Crippen molar-refractivity contribution >= 4 is 30.3 Å². The second-order valence-corrected chi connectivity index (χ2v) is 4.77. The Morgan fingerprint density at radius 1 is 1.17 bits per heavy atom. The minimum absolute atomic E-state index is 0.179. The third-order valence-electron chi connectivity index (χ3n) is 3.05. The molecule has 0 spiro atoms. The van der Waals surface area contributed by atoms with Gasteiger partial charge in [-0.05, 0) is 30.6 Å². The van der Waals surface area contributed by atoms with Crippen molar-refractivity contribution in [2.75, 3.05) is 5.32 Å². The predicted molar refractivity (Wildman–Crippen MR) is 86.4 cm³/mol. The van der Waals surface area contributed by atoms with E-state index in [4.69, 9.17) is 10.0 Å². The summed E-state index contributed by atoms with van der Waals surface area (Å²) in [5.41, 5.74) is 0.0875. The van der Waals surface area contributed by atoms with E-state index in [0.29, 0.717) is 16.8 Å². The zero-order valence-corrected chi connectivity index (χ0v) is 12.2. The molecule has 1 heterocycles. The summed E-state index contributed by atoms with van der Waals surface area (Å²) in [5, 5.41) is 20.5. The van der Waals surface area contributed by atoms with Crippen LogP contribution in [0.1, 0.15) is 11.3 Å². The van der Waals surface area contributed by atoms with Crippen molar-refractivity contribution < 1.29 is 14.8 Å². The van der Waals surface area contributed by atoms with Crippen molar-refractivity contribution in [1.29, 1.82) is 0 Å². The van der Waals surface area contributed by atoms with Crippen LogP contribution in [0.5, 0.6) is 0 Å². The van der Waals surface area contributed by atoms with Crippen molar-refractivity contribution in [1.82, 2.24) is 9.97 Å². The highest BCUT2D eigenvalue weighted by molar-refractivity contribution is 6.58. The van der Waals surface area contributed by atoms with Gasteiger partial charge in [-0.25, -0.2) is 4.79 Å². The number of carbonyl (C=O) groups is 1. The maximum Gasteiger partial charge on any atom is 0.488 e. The van der Waals surface area contributed by atoms with E-state index in [1.54, 1.807) is 6.92 Å². The molecular weight excluding hydrogens is 301 g/mol. The van der Waals surface area contributed by atoms with E-state index < -0.39 is 24.3 Å². The number of aromatic nitrogens is 2. The summed E-state index contributed by atoms with van der Waals surface area (Å²) in [6.45, 7) is 1.55. The van der Waals surface area contributed by atoms with E-state index in [9.17, 15) is 14.4 Å². The molecule has 0 saturated carbocycles. The smallest absolute Gasteiger partial charge is 0.423 e. The molecule has 0 saturated heterocycles. The number of benzene rings is 1. The second kappa shape index (κ2) is 6.90. The Hall–Kier alpha value is -2.91. The van der Waals surface area contributed by atoms with Crippen LogP contribution in [0.3, 0.4) is 0 Å². The number of aromatic amines is 2. The molecule has 118 valence electrons. The molecule has 1 amide bonds. The predicted octanol–water partition coefficient (Wildman–Crippen LogP) is -1.30. The van der Waals surface area contributed by atoms with Gasteiger partial charge in [0, 0.05) is 17.5 Å². The van der Waals surface area contributed by atoms with Crippen molar-refractivity contribution in [3.63, 3.8) is 0 Å². The van der Waals surface area contributed by atoms with E-state index in [0.717, 1.165) is 6.08 Å². The lowest BCUT2D eigenvalue weighted by molar-refractivity contribution is -0.111. The number of amides is 1. The fourth-order valence-corrected chi connectivity index (χ4v) is 1.89. The first-order chi connectivity index (χ1) is 10.9. The van der Waals surface area contributed by atoms with Crippen LogP contribution in [0.15, 0.2) is 39.9 Å². The molecular formula is C14H14BN3O5. The van der Waals surface area contributed by atoms with Gasteiger partial charge in [0.25, 0.3) is 5.56 Å². The fourth-order valence-electron chi connectivity index (χ4n) is 1.89. The van der Waals surface area contributed by atoms with Crippen molar-refractivity contribution in [3.8, 4) is 0 Å². The van der Waals surface area contributed by atoms with Gasteiger partial charge >= 0.3 is 12.8 Å². The molecule has 5 N–H and O–H groups in total. The Labute approximate surface area is 130 Å². The highest BCUT2D eigenvalue weighted by Gasteiger charge is 2.10. The molecule has 0 fully saturated rings. The topological polar surface area (TPSA) is 135 Å². The molecule has 2 aromatic rings. The van der Waals surface area contributed by atoms with E-state index in [1.807, 2.05) is 0 Å². The molecule has 0 aliphatic heterocycles. The summed E-state index contributed by atoms with van der Waals surface area (Å²) in [4.78, 5) is 39.0. The number of hydrogen-bond acceptors (Lipinski definition) is 5. The molecule has 8 nitrogen and oxygen atoms in total. The maximum atomic E-state index is 11.8. The molecule has 23 heavy (non-hydrogen) atoms. The zero-order valence-electron chi connectivity index (χ0n) is 12.2. The summed E-state index contributed by atoms with van der Waals surface area (Å²) in [5.74, 6) is -0.479. The lowest BCUT2D eigenvalue weighted by Crippen LogP contribution is -2.29. The highest BCUT2D eigenvalue weighted by Crippen LogP contribution is 2.05. The largest absolute Gasteiger partial charge is 0.488 e. The van der Waals surface area contributed by atoms with E-state index in [1.165, 1.54) is 30.3 Å². The van der Waals surface area contributed by atoms with Crippen LogP contribution < -0.4 is 22.0 Å². The molecule has 0 aliphatic rings. The van der Waals surface area contributed by atoms with E-state index in [-0.39, 0.29) is 5.56 Å². The van der Waals surface area contributed by atoms with Crippen LogP contribution >= 0.6 is 0 Å². The Balaban J connectivity index is 2.10. The normalized spacial score (nSPS) is 10.7. The third kappa shape index (κ3) is 4.28. The lowest BCUT2D eigenvalue weighted by atomic mass is 9.80. The van der Waals surface area contributed by atoms with E-state index >= 15 is 0 Å². The van der Waals surface area contributed by atoms with Crippen LogP contribution in [0, 0.1) is 6.92 Å². The Kier molecular flexibility index (Phi) is 4.94. The van der Waals surface area contributed by atoms with Crippen LogP contribution in [0.2, 0.25) is 0 Å². The first-order valence-corrected chi connectivity index (χ1v) is 6.65. The first-order valence-electron chi connectivity index (χ1n) is 6.65. The van der Waals surface area contributed by atoms with Gasteiger partial charge in [-0.2, -0.15) is 0 Å². The summed E-state index contributed by atoms with van der Waals surface area (Å²) < 4.78 is 0. The van der Waals surface area contributed by atoms with Gasteiger partial charge in [0.2, 0.25) is 5.91 Å². The number of nitrogens with one attached hydrogen (secondary N) is 3. The Morgan fingerprint density at radius 2 is 1.83 bits per heavy atom.